The van der Waals surface area contributed by atoms with Crippen molar-refractivity contribution in [2.24, 2.45) is 5.73 Å². The summed E-state index contributed by atoms with van der Waals surface area (Å²) in [7, 11) is 1.33. The lowest BCUT2D eigenvalue weighted by molar-refractivity contribution is -0.142. The van der Waals surface area contributed by atoms with Crippen LogP contribution in [0.25, 0.3) is 0 Å². The van der Waals surface area contributed by atoms with Crippen LogP contribution in [0, 0.1) is 0 Å². The van der Waals surface area contributed by atoms with Gasteiger partial charge in [-0.25, -0.2) is 0 Å². The minimum atomic E-state index is -0.564. The van der Waals surface area contributed by atoms with Crippen LogP contribution in [0.1, 0.15) is 5.56 Å². The molecule has 4 heteroatoms. The number of ether oxygens (including phenoxy) is 1. The molecule has 0 spiro atoms. The molecule has 0 saturated carbocycles. The van der Waals surface area contributed by atoms with Gasteiger partial charge in [-0.15, -0.1) is 0 Å². The van der Waals surface area contributed by atoms with Crippen molar-refractivity contribution in [3.63, 3.8) is 0 Å². The van der Waals surface area contributed by atoms with Crippen LogP contribution in [-0.2, 0) is 16.0 Å². The lowest BCUT2D eigenvalue weighted by atomic mass is 10.1. The maximum atomic E-state index is 10.9. The van der Waals surface area contributed by atoms with Gasteiger partial charge < -0.3 is 15.5 Å². The Morgan fingerprint density at radius 1 is 1.83 bits per heavy atom. The van der Waals surface area contributed by atoms with Crippen LogP contribution < -0.4 is 5.73 Å². The van der Waals surface area contributed by atoms with Crippen molar-refractivity contribution in [2.75, 3.05) is 7.11 Å². The molecular formula is C8H12N2O2. The fraction of sp³-hybridized carbons (Fsp3) is 0.375. The first-order valence-electron chi connectivity index (χ1n) is 3.69. The molecule has 0 unspecified atom stereocenters. The molecule has 1 aromatic heterocycles. The van der Waals surface area contributed by atoms with Gasteiger partial charge in [0.15, 0.2) is 0 Å². The number of H-pyrrole nitrogens is 1. The van der Waals surface area contributed by atoms with Crippen LogP contribution in [0.5, 0.6) is 0 Å². The zero-order chi connectivity index (χ0) is 8.97. The maximum Gasteiger partial charge on any atom is 0.322 e. The molecule has 0 aromatic carbocycles. The molecule has 0 aliphatic rings. The highest BCUT2D eigenvalue weighted by Gasteiger charge is 2.13. The van der Waals surface area contributed by atoms with Crippen molar-refractivity contribution in [1.82, 2.24) is 4.98 Å². The highest BCUT2D eigenvalue weighted by molar-refractivity contribution is 5.75. The average Bonchev–Trinajstić information content (AvgIpc) is 2.55. The summed E-state index contributed by atoms with van der Waals surface area (Å²) in [5, 5.41) is 0. The Kier molecular flexibility index (Phi) is 2.88. The number of hydrogen-bond donors (Lipinski definition) is 2. The first-order valence-corrected chi connectivity index (χ1v) is 3.69. The third-order valence-electron chi connectivity index (χ3n) is 1.62. The zero-order valence-electron chi connectivity index (χ0n) is 6.91. The van der Waals surface area contributed by atoms with Crippen LogP contribution in [0.4, 0.5) is 0 Å². The van der Waals surface area contributed by atoms with Crippen molar-refractivity contribution in [3.8, 4) is 0 Å². The van der Waals surface area contributed by atoms with Crippen molar-refractivity contribution in [1.29, 1.82) is 0 Å². The molecule has 1 aromatic rings. The standard InChI is InChI=1S/C8H12N2O2/c1-12-8(11)7(9)4-6-2-3-10-5-6/h2-3,5,7,10H,4,9H2,1H3/t7-/m0/s1. The topological polar surface area (TPSA) is 68.1 Å². The van der Waals surface area contributed by atoms with E-state index in [9.17, 15) is 4.79 Å². The summed E-state index contributed by atoms with van der Waals surface area (Å²) in [5.74, 6) is -0.379. The van der Waals surface area contributed by atoms with E-state index < -0.39 is 6.04 Å². The first-order chi connectivity index (χ1) is 5.74. The minimum Gasteiger partial charge on any atom is -0.468 e. The lowest BCUT2D eigenvalue weighted by Gasteiger charge is -2.06. The van der Waals surface area contributed by atoms with E-state index in [1.807, 2.05) is 12.3 Å². The molecule has 0 radical (unpaired) electrons. The van der Waals surface area contributed by atoms with Gasteiger partial charge in [0.25, 0.3) is 0 Å². The number of aromatic nitrogens is 1. The summed E-state index contributed by atoms with van der Waals surface area (Å²) in [4.78, 5) is 13.8. The summed E-state index contributed by atoms with van der Waals surface area (Å²) in [5.41, 5.74) is 6.54. The highest BCUT2D eigenvalue weighted by atomic mass is 16.5. The summed E-state index contributed by atoms with van der Waals surface area (Å²) >= 11 is 0. The van der Waals surface area contributed by atoms with E-state index in [0.717, 1.165) is 5.56 Å². The Balaban J connectivity index is 2.47. The molecule has 0 aliphatic heterocycles. The van der Waals surface area contributed by atoms with Crippen LogP contribution >= 0.6 is 0 Å². The van der Waals surface area contributed by atoms with Gasteiger partial charge in [-0.05, 0) is 18.1 Å². The largest absolute Gasteiger partial charge is 0.468 e. The second-order valence-corrected chi connectivity index (χ2v) is 2.55. The molecule has 1 heterocycles. The lowest BCUT2D eigenvalue weighted by Crippen LogP contribution is -2.33. The number of aromatic amines is 1. The van der Waals surface area contributed by atoms with E-state index in [1.165, 1.54) is 7.11 Å². The van der Waals surface area contributed by atoms with E-state index in [1.54, 1.807) is 6.20 Å². The van der Waals surface area contributed by atoms with Crippen LogP contribution in [0.2, 0.25) is 0 Å². The normalized spacial score (nSPS) is 12.5. The smallest absolute Gasteiger partial charge is 0.322 e. The van der Waals surface area contributed by atoms with Gasteiger partial charge in [0.05, 0.1) is 7.11 Å². The molecule has 0 saturated heterocycles. The van der Waals surface area contributed by atoms with Gasteiger partial charge >= 0.3 is 5.97 Å². The van der Waals surface area contributed by atoms with Gasteiger partial charge in [-0.2, -0.15) is 0 Å². The molecule has 66 valence electrons. The number of hydrogen-bond acceptors (Lipinski definition) is 3. The Morgan fingerprint density at radius 3 is 3.08 bits per heavy atom. The number of nitrogens with two attached hydrogens (primary N) is 1. The maximum absolute atomic E-state index is 10.9. The summed E-state index contributed by atoms with van der Waals surface area (Å²) in [6, 6.07) is 1.31. The average molecular weight is 168 g/mol. The van der Waals surface area contributed by atoms with Gasteiger partial charge in [0, 0.05) is 12.4 Å². The Morgan fingerprint density at radius 2 is 2.58 bits per heavy atom. The summed E-state index contributed by atoms with van der Waals surface area (Å²) in [6.45, 7) is 0. The monoisotopic (exact) mass is 168 g/mol. The quantitative estimate of drug-likeness (QED) is 0.627. The Bertz CT molecular complexity index is 244. The van der Waals surface area contributed by atoms with Gasteiger partial charge in [0.1, 0.15) is 6.04 Å². The fourth-order valence-corrected chi connectivity index (χ4v) is 0.974. The number of carbonyl (C=O) groups excluding carboxylic acids is 1. The second kappa shape index (κ2) is 3.92. The molecule has 0 amide bonds. The highest BCUT2D eigenvalue weighted by Crippen LogP contribution is 2.00. The third kappa shape index (κ3) is 2.10. The molecule has 1 rings (SSSR count). The summed E-state index contributed by atoms with van der Waals surface area (Å²) < 4.78 is 4.49. The number of rotatable bonds is 3. The minimum absolute atomic E-state index is 0.379. The van der Waals surface area contributed by atoms with Crippen molar-refractivity contribution < 1.29 is 9.53 Å². The number of esters is 1. The first kappa shape index (κ1) is 8.80. The SMILES string of the molecule is COC(=O)[C@@H](N)Cc1cc[nH]c1. The van der Waals surface area contributed by atoms with Crippen molar-refractivity contribution >= 4 is 5.97 Å². The molecule has 4 nitrogen and oxygen atoms in total. The van der Waals surface area contributed by atoms with Gasteiger partial charge in [-0.1, -0.05) is 0 Å². The van der Waals surface area contributed by atoms with Gasteiger partial charge in [-0.3, -0.25) is 4.79 Å². The van der Waals surface area contributed by atoms with Crippen molar-refractivity contribution in [2.45, 2.75) is 12.5 Å². The van der Waals surface area contributed by atoms with Crippen LogP contribution in [0.3, 0.4) is 0 Å². The van der Waals surface area contributed by atoms with E-state index in [4.69, 9.17) is 5.73 Å². The molecule has 0 aliphatic carbocycles. The fourth-order valence-electron chi connectivity index (χ4n) is 0.974. The molecule has 0 fully saturated rings. The van der Waals surface area contributed by atoms with Crippen molar-refractivity contribution in [3.05, 3.63) is 24.0 Å². The summed E-state index contributed by atoms with van der Waals surface area (Å²) in [6.07, 6.45) is 4.11. The molecule has 1 atom stereocenters. The van der Waals surface area contributed by atoms with E-state index in [-0.39, 0.29) is 5.97 Å². The van der Waals surface area contributed by atoms with E-state index in [0.29, 0.717) is 6.42 Å². The molecule has 12 heavy (non-hydrogen) atoms. The molecule has 3 N–H and O–H groups in total. The number of nitrogens with one attached hydrogen (secondary N) is 1. The predicted molar refractivity (Wildman–Crippen MR) is 44.5 cm³/mol. The molecule has 0 bridgehead atoms. The van der Waals surface area contributed by atoms with E-state index in [2.05, 4.69) is 9.72 Å². The third-order valence-corrected chi connectivity index (χ3v) is 1.62. The Hall–Kier alpha value is -1.29. The molecular weight excluding hydrogens is 156 g/mol. The van der Waals surface area contributed by atoms with Crippen LogP contribution in [-0.4, -0.2) is 24.1 Å². The number of carbonyl (C=O) groups is 1. The Labute approximate surface area is 70.7 Å². The zero-order valence-corrected chi connectivity index (χ0v) is 6.91. The van der Waals surface area contributed by atoms with Crippen LogP contribution in [0.15, 0.2) is 18.5 Å². The number of methoxy groups -OCH3 is 1. The predicted octanol–water partition coefficient (Wildman–Crippen LogP) is 0.0575. The van der Waals surface area contributed by atoms with Gasteiger partial charge in [0.2, 0.25) is 0 Å². The second-order valence-electron chi connectivity index (χ2n) is 2.55. The van der Waals surface area contributed by atoms with E-state index >= 15 is 0 Å².